The van der Waals surface area contributed by atoms with Crippen molar-refractivity contribution in [1.29, 1.82) is 0 Å². The Labute approximate surface area is 271 Å². The smallest absolute Gasteiger partial charge is 1.00 e. The number of nitro groups is 1. The zero-order valence-corrected chi connectivity index (χ0v) is 26.7. The van der Waals surface area contributed by atoms with Crippen molar-refractivity contribution in [3.8, 4) is 0 Å². The number of oxime groups is 1. The van der Waals surface area contributed by atoms with Crippen LogP contribution in [0.1, 0.15) is 33.5 Å². The van der Waals surface area contributed by atoms with Crippen LogP contribution in [0.25, 0.3) is 0 Å². The molecule has 0 aliphatic carbocycles. The first-order valence-electron chi connectivity index (χ1n) is 11.6. The van der Waals surface area contributed by atoms with Gasteiger partial charge < -0.3 is 26.8 Å². The maximum atomic E-state index is 13.2. The van der Waals surface area contributed by atoms with Gasteiger partial charge in [0.25, 0.3) is 17.5 Å². The summed E-state index contributed by atoms with van der Waals surface area (Å²) >= 11 is 0.925. The monoisotopic (exact) mass is 652 g/mol. The molecule has 1 aromatic carbocycles. The number of ether oxygens (including phenoxy) is 2. The normalized spacial score (nSPS) is 16.8. The van der Waals surface area contributed by atoms with E-state index < -0.39 is 69.0 Å². The predicted octanol–water partition coefficient (Wildman–Crippen LogP) is -2.95. The molecule has 2 unspecified atom stereocenters. The second-order valence-electron chi connectivity index (χ2n) is 9.05. The summed E-state index contributed by atoms with van der Waals surface area (Å²) in [5.74, 6) is -4.08. The van der Waals surface area contributed by atoms with E-state index in [1.807, 2.05) is 0 Å². The van der Waals surface area contributed by atoms with Gasteiger partial charge in [-0.3, -0.25) is 29.1 Å². The summed E-state index contributed by atoms with van der Waals surface area (Å²) in [4.78, 5) is 68.9. The van der Waals surface area contributed by atoms with E-state index in [-0.39, 0.29) is 58.4 Å². The average molecular weight is 653 g/mol. The van der Waals surface area contributed by atoms with Crippen LogP contribution in [0, 0.1) is 10.1 Å². The minimum absolute atomic E-state index is 0. The molecule has 4 N–H and O–H groups in total. The molecule has 0 spiro atoms. The molecule has 1 fully saturated rings. The van der Waals surface area contributed by atoms with E-state index in [4.69, 9.17) is 20.0 Å². The Kier molecular flexibility index (Phi) is 11.7. The number of thiazole rings is 1. The van der Waals surface area contributed by atoms with Crippen molar-refractivity contribution in [2.45, 2.75) is 45.1 Å². The maximum absolute atomic E-state index is 13.2. The number of β-lactam (4-membered cyclic amide) rings is 1. The van der Waals surface area contributed by atoms with Crippen LogP contribution in [0.5, 0.6) is 0 Å². The van der Waals surface area contributed by atoms with Gasteiger partial charge in [0.05, 0.1) is 4.92 Å². The average Bonchev–Trinajstić information content (AvgIpc) is 3.32. The quantitative estimate of drug-likeness (QED) is 0.0394. The van der Waals surface area contributed by atoms with Gasteiger partial charge in [0.15, 0.2) is 10.8 Å². The van der Waals surface area contributed by atoms with E-state index in [0.29, 0.717) is 5.56 Å². The van der Waals surface area contributed by atoms with Crippen LogP contribution in [-0.2, 0) is 50.4 Å². The molecule has 2 aromatic rings. The number of amides is 2. The van der Waals surface area contributed by atoms with Gasteiger partial charge in [0, 0.05) is 24.4 Å². The Bertz CT molecular complexity index is 1550. The van der Waals surface area contributed by atoms with Gasteiger partial charge in [0.2, 0.25) is 5.60 Å². The first kappa shape index (κ1) is 35.5. The van der Waals surface area contributed by atoms with Crippen LogP contribution in [0.15, 0.2) is 34.8 Å². The molecule has 3 rings (SSSR count). The Morgan fingerprint density at radius 1 is 1.28 bits per heavy atom. The van der Waals surface area contributed by atoms with Gasteiger partial charge in [-0.25, -0.2) is 14.1 Å². The van der Waals surface area contributed by atoms with E-state index in [1.165, 1.54) is 43.5 Å². The second-order valence-corrected chi connectivity index (χ2v) is 11.2. The summed E-state index contributed by atoms with van der Waals surface area (Å²) in [6.45, 7) is 2.63. The SMILES string of the molecule is CC(=O)OCC1C(NC(=O)/C(=N\OC(C)(C)C(=O)OCc2ccc([N+](=O)[O-])cc2)c2csc(N)n2)C(=O)N1S(=O)(=O)O.[H-].[Na+]. The third-order valence-corrected chi connectivity index (χ3v) is 7.14. The molecular weight excluding hydrogens is 627 g/mol. The zero-order chi connectivity index (χ0) is 31.4. The van der Waals surface area contributed by atoms with Gasteiger partial charge in [-0.05, 0) is 31.5 Å². The van der Waals surface area contributed by atoms with Crippen molar-refractivity contribution in [3.63, 3.8) is 0 Å². The number of carbonyl (C=O) groups excluding carboxylic acids is 4. The van der Waals surface area contributed by atoms with Crippen molar-refractivity contribution in [2.75, 3.05) is 12.3 Å². The Balaban J connectivity index is 0.00000484. The number of nitro benzene ring substituents is 1. The van der Waals surface area contributed by atoms with Crippen molar-refractivity contribution in [2.24, 2.45) is 5.16 Å². The van der Waals surface area contributed by atoms with E-state index in [2.05, 4.69) is 15.5 Å². The number of aromatic nitrogens is 1. The Morgan fingerprint density at radius 3 is 2.42 bits per heavy atom. The van der Waals surface area contributed by atoms with Crippen molar-refractivity contribution < 1.29 is 82.4 Å². The minimum Gasteiger partial charge on any atom is -1.00 e. The number of nitrogen functional groups attached to an aromatic ring is 1. The van der Waals surface area contributed by atoms with Crippen molar-refractivity contribution >= 4 is 61.9 Å². The maximum Gasteiger partial charge on any atom is 1.00 e. The summed E-state index contributed by atoms with van der Waals surface area (Å²) in [6, 6.07) is 2.21. The molecule has 1 saturated heterocycles. The molecule has 21 heteroatoms. The molecule has 0 saturated carbocycles. The number of nitrogens with two attached hydrogens (primary N) is 1. The topological polar surface area (TPSA) is 260 Å². The third kappa shape index (κ3) is 8.91. The van der Waals surface area contributed by atoms with E-state index in [9.17, 15) is 42.3 Å². The largest absolute Gasteiger partial charge is 1.00 e. The standard InChI is InChI=1S/C22H24N6O12S2.Na.H/c1-11(29)38-9-15-17(19(31)27(15)42(35,36)37)25-18(30)16(14-10-41-21(23)24-14)26-40-22(2,3)20(32)39-8-12-4-6-13(7-5-12)28(33)34;;/h4-7,10,15,17H,8-9H2,1-3H3,(H2,23,24)(H,25,30)(H,35,36,37);;/q;+1;-1/b26-16-;;. The molecule has 228 valence electrons. The van der Waals surface area contributed by atoms with Gasteiger partial charge >= 0.3 is 51.8 Å². The third-order valence-electron chi connectivity index (χ3n) is 5.52. The Hall–Kier alpha value is -3.69. The van der Waals surface area contributed by atoms with E-state index in [1.54, 1.807) is 0 Å². The predicted molar refractivity (Wildman–Crippen MR) is 143 cm³/mol. The van der Waals surface area contributed by atoms with E-state index in [0.717, 1.165) is 18.3 Å². The number of esters is 2. The van der Waals surface area contributed by atoms with Crippen LogP contribution in [0.4, 0.5) is 10.8 Å². The number of hydrogen-bond acceptors (Lipinski definition) is 15. The summed E-state index contributed by atoms with van der Waals surface area (Å²) in [5.41, 5.74) is 3.46. The molecule has 1 aromatic heterocycles. The van der Waals surface area contributed by atoms with Crippen LogP contribution < -0.4 is 40.6 Å². The van der Waals surface area contributed by atoms with Crippen LogP contribution in [-0.4, -0.2) is 80.9 Å². The second kappa shape index (κ2) is 14.2. The minimum atomic E-state index is -5.04. The summed E-state index contributed by atoms with van der Waals surface area (Å²) < 4.78 is 42.5. The number of anilines is 1. The Morgan fingerprint density at radius 2 is 1.91 bits per heavy atom. The molecule has 0 radical (unpaired) electrons. The van der Waals surface area contributed by atoms with Crippen molar-refractivity contribution in [3.05, 3.63) is 51.0 Å². The molecule has 2 atom stereocenters. The zero-order valence-electron chi connectivity index (χ0n) is 24.1. The molecule has 1 aliphatic rings. The molecule has 2 heterocycles. The van der Waals surface area contributed by atoms with E-state index >= 15 is 0 Å². The molecule has 2 amide bonds. The number of non-ortho nitro benzene ring substituents is 1. The van der Waals surface area contributed by atoms with Gasteiger partial charge in [0.1, 0.15) is 31.0 Å². The number of carbonyl (C=O) groups is 4. The first-order chi connectivity index (χ1) is 19.5. The van der Waals surface area contributed by atoms with Crippen LogP contribution in [0.2, 0.25) is 0 Å². The number of rotatable bonds is 12. The summed E-state index contributed by atoms with van der Waals surface area (Å²) in [5, 5.41) is 18.1. The number of nitrogens with one attached hydrogen (secondary N) is 1. The fourth-order valence-electron chi connectivity index (χ4n) is 3.37. The van der Waals surface area contributed by atoms with Gasteiger partial charge in [-0.15, -0.1) is 11.3 Å². The molecule has 43 heavy (non-hydrogen) atoms. The number of nitrogens with zero attached hydrogens (tertiary/aromatic N) is 4. The van der Waals surface area contributed by atoms with Crippen LogP contribution in [0.3, 0.4) is 0 Å². The fourth-order valence-corrected chi connectivity index (χ4v) is 4.79. The summed E-state index contributed by atoms with van der Waals surface area (Å²) in [6.07, 6.45) is 0. The van der Waals surface area contributed by atoms with Gasteiger partial charge in [-0.2, -0.15) is 8.42 Å². The van der Waals surface area contributed by atoms with Crippen molar-refractivity contribution in [1.82, 2.24) is 14.6 Å². The summed E-state index contributed by atoms with van der Waals surface area (Å²) in [7, 11) is -5.04. The number of hydrogen-bond donors (Lipinski definition) is 3. The fraction of sp³-hybridized carbons (Fsp3) is 0.364. The first-order valence-corrected chi connectivity index (χ1v) is 13.9. The molecule has 18 nitrogen and oxygen atoms in total. The number of benzene rings is 1. The molecule has 1 aliphatic heterocycles. The molecule has 0 bridgehead atoms. The molecular formula is C22H25N6NaO12S2. The van der Waals surface area contributed by atoms with Crippen LogP contribution >= 0.6 is 11.3 Å². The van der Waals surface area contributed by atoms with Gasteiger partial charge in [-0.1, -0.05) is 5.16 Å².